The van der Waals surface area contributed by atoms with Crippen LogP contribution in [0.15, 0.2) is 12.4 Å². The SMILES string of the molecule is C[C@@H](O)COC(=O)N1CC(N2CCc3c(-c4cnc(N)nc4)nc(N4CCOC[C@@H]4C)nc32)C1. The number of hydrogen-bond donors (Lipinski definition) is 2. The van der Waals surface area contributed by atoms with Crippen molar-refractivity contribution in [3.63, 3.8) is 0 Å². The Morgan fingerprint density at radius 1 is 1.26 bits per heavy atom. The van der Waals surface area contributed by atoms with E-state index in [1.165, 1.54) is 0 Å². The van der Waals surface area contributed by atoms with Crippen LogP contribution in [0.5, 0.6) is 0 Å². The molecule has 0 spiro atoms. The Kier molecular flexibility index (Phi) is 6.09. The van der Waals surface area contributed by atoms with Crippen molar-refractivity contribution >= 4 is 23.8 Å². The lowest BCUT2D eigenvalue weighted by Crippen LogP contribution is -2.61. The lowest BCUT2D eigenvalue weighted by atomic mass is 10.1. The summed E-state index contributed by atoms with van der Waals surface area (Å²) < 4.78 is 10.7. The number of carbonyl (C=O) groups is 1. The number of anilines is 3. The number of nitrogens with zero attached hydrogens (tertiary/aromatic N) is 7. The largest absolute Gasteiger partial charge is 0.447 e. The number of likely N-dealkylation sites (tertiary alicyclic amines) is 1. The van der Waals surface area contributed by atoms with Crippen molar-refractivity contribution in [2.45, 2.75) is 38.5 Å². The molecule has 2 atom stereocenters. The normalized spacial score (nSPS) is 21.3. The maximum absolute atomic E-state index is 12.2. The van der Waals surface area contributed by atoms with Crippen LogP contribution in [0.4, 0.5) is 22.5 Å². The third-order valence-corrected chi connectivity index (χ3v) is 6.43. The number of ether oxygens (including phenoxy) is 2. The molecular formula is C22H30N8O4. The molecule has 3 N–H and O–H groups in total. The molecule has 0 aliphatic carbocycles. The van der Waals surface area contributed by atoms with E-state index in [-0.39, 0.29) is 24.6 Å². The third kappa shape index (κ3) is 4.30. The molecule has 5 heterocycles. The Bertz CT molecular complexity index is 1040. The van der Waals surface area contributed by atoms with E-state index in [0.717, 1.165) is 35.6 Å². The molecule has 3 aliphatic heterocycles. The highest BCUT2D eigenvalue weighted by atomic mass is 16.6. The second-order valence-corrected chi connectivity index (χ2v) is 9.05. The Hall–Kier alpha value is -3.25. The molecule has 0 unspecified atom stereocenters. The van der Waals surface area contributed by atoms with Crippen LogP contribution in [0.1, 0.15) is 19.4 Å². The fourth-order valence-electron chi connectivity index (χ4n) is 4.56. The molecule has 0 saturated carbocycles. The summed E-state index contributed by atoms with van der Waals surface area (Å²) in [5.41, 5.74) is 8.37. The molecule has 5 rings (SSSR count). The first-order chi connectivity index (χ1) is 16.4. The topological polar surface area (TPSA) is 143 Å². The third-order valence-electron chi connectivity index (χ3n) is 6.43. The highest BCUT2D eigenvalue weighted by Crippen LogP contribution is 2.38. The fraction of sp³-hybridized carbons (Fsp3) is 0.591. The second-order valence-electron chi connectivity index (χ2n) is 9.05. The van der Waals surface area contributed by atoms with Crippen LogP contribution >= 0.6 is 0 Å². The quantitative estimate of drug-likeness (QED) is 0.623. The van der Waals surface area contributed by atoms with E-state index >= 15 is 0 Å². The fourth-order valence-corrected chi connectivity index (χ4v) is 4.56. The number of fused-ring (bicyclic) bond motifs is 1. The Morgan fingerprint density at radius 2 is 2.03 bits per heavy atom. The van der Waals surface area contributed by atoms with Gasteiger partial charge in [0.2, 0.25) is 11.9 Å². The van der Waals surface area contributed by atoms with E-state index in [9.17, 15) is 9.90 Å². The molecular weight excluding hydrogens is 440 g/mol. The van der Waals surface area contributed by atoms with Gasteiger partial charge in [0.1, 0.15) is 12.4 Å². The Balaban J connectivity index is 1.42. The number of nitrogen functional groups attached to an aromatic ring is 1. The minimum atomic E-state index is -0.681. The minimum absolute atomic E-state index is 0.00606. The average Bonchev–Trinajstić information content (AvgIpc) is 3.20. The van der Waals surface area contributed by atoms with E-state index in [1.54, 1.807) is 24.2 Å². The number of aromatic nitrogens is 4. The molecule has 2 saturated heterocycles. The standard InChI is InChI=1S/C22H30N8O4/c1-13-11-33-6-5-29(13)21-26-18(15-7-24-20(23)25-8-15)17-3-4-30(19(17)27-21)16-9-28(10-16)22(32)34-12-14(2)31/h7-8,13-14,16,31H,3-6,9-12H2,1-2H3,(H2,23,24,25)/t13-,14+/m0/s1. The maximum atomic E-state index is 12.2. The van der Waals surface area contributed by atoms with Crippen molar-refractivity contribution in [1.29, 1.82) is 0 Å². The summed E-state index contributed by atoms with van der Waals surface area (Å²) in [6.07, 6.45) is 3.10. The van der Waals surface area contributed by atoms with Gasteiger partial charge >= 0.3 is 6.09 Å². The van der Waals surface area contributed by atoms with Gasteiger partial charge < -0.3 is 35.0 Å². The van der Waals surface area contributed by atoms with Gasteiger partial charge in [-0.15, -0.1) is 0 Å². The van der Waals surface area contributed by atoms with Crippen LogP contribution in [-0.2, 0) is 15.9 Å². The first-order valence-corrected chi connectivity index (χ1v) is 11.6. The number of rotatable bonds is 5. The maximum Gasteiger partial charge on any atom is 0.409 e. The summed E-state index contributed by atoms with van der Waals surface area (Å²) in [5, 5.41) is 9.35. The van der Waals surface area contributed by atoms with Gasteiger partial charge in [-0.25, -0.2) is 19.7 Å². The summed E-state index contributed by atoms with van der Waals surface area (Å²) in [6.45, 7) is 7.52. The second kappa shape index (κ2) is 9.18. The molecule has 182 valence electrons. The lowest BCUT2D eigenvalue weighted by Gasteiger charge is -2.44. The number of morpholine rings is 1. The van der Waals surface area contributed by atoms with Gasteiger partial charge in [0.25, 0.3) is 0 Å². The van der Waals surface area contributed by atoms with Gasteiger partial charge in [-0.1, -0.05) is 0 Å². The Morgan fingerprint density at radius 3 is 2.74 bits per heavy atom. The van der Waals surface area contributed by atoms with Gasteiger partial charge in [-0.2, -0.15) is 4.98 Å². The molecule has 2 fully saturated rings. The van der Waals surface area contributed by atoms with Crippen molar-refractivity contribution in [1.82, 2.24) is 24.8 Å². The molecule has 0 bridgehead atoms. The number of amides is 1. The predicted molar refractivity (Wildman–Crippen MR) is 125 cm³/mol. The van der Waals surface area contributed by atoms with Crippen LogP contribution in [0.2, 0.25) is 0 Å². The van der Waals surface area contributed by atoms with Gasteiger partial charge in [-0.05, 0) is 20.3 Å². The summed E-state index contributed by atoms with van der Waals surface area (Å²) in [4.78, 5) is 36.5. The van der Waals surface area contributed by atoms with Crippen molar-refractivity contribution in [3.8, 4) is 11.3 Å². The monoisotopic (exact) mass is 470 g/mol. The minimum Gasteiger partial charge on any atom is -0.447 e. The van der Waals surface area contributed by atoms with Crippen molar-refractivity contribution < 1.29 is 19.4 Å². The van der Waals surface area contributed by atoms with Gasteiger partial charge in [0.15, 0.2) is 0 Å². The van der Waals surface area contributed by atoms with E-state index in [4.69, 9.17) is 25.2 Å². The van der Waals surface area contributed by atoms with Gasteiger partial charge in [0, 0.05) is 49.7 Å². The lowest BCUT2D eigenvalue weighted by molar-refractivity contribution is 0.0375. The highest BCUT2D eigenvalue weighted by molar-refractivity contribution is 5.74. The van der Waals surface area contributed by atoms with Crippen LogP contribution in [0, 0.1) is 0 Å². The molecule has 12 nitrogen and oxygen atoms in total. The molecule has 2 aromatic heterocycles. The van der Waals surface area contributed by atoms with Gasteiger partial charge in [-0.3, -0.25) is 0 Å². The number of aliphatic hydroxyl groups is 1. The van der Waals surface area contributed by atoms with Crippen LogP contribution in [-0.4, -0.2) is 100 Å². The predicted octanol–water partition coefficient (Wildman–Crippen LogP) is 0.305. The summed E-state index contributed by atoms with van der Waals surface area (Å²) in [7, 11) is 0. The van der Waals surface area contributed by atoms with E-state index in [0.29, 0.717) is 38.8 Å². The molecule has 0 radical (unpaired) electrons. The van der Waals surface area contributed by atoms with E-state index < -0.39 is 12.2 Å². The van der Waals surface area contributed by atoms with Crippen molar-refractivity contribution in [2.24, 2.45) is 0 Å². The zero-order valence-electron chi connectivity index (χ0n) is 19.4. The van der Waals surface area contributed by atoms with E-state index in [2.05, 4.69) is 26.7 Å². The summed E-state index contributed by atoms with van der Waals surface area (Å²) in [5.74, 6) is 1.76. The molecule has 0 aromatic carbocycles. The zero-order chi connectivity index (χ0) is 23.8. The van der Waals surface area contributed by atoms with E-state index in [1.807, 2.05) is 0 Å². The average molecular weight is 471 g/mol. The number of nitrogens with two attached hydrogens (primary N) is 1. The summed E-state index contributed by atoms with van der Waals surface area (Å²) >= 11 is 0. The van der Waals surface area contributed by atoms with Crippen LogP contribution < -0.4 is 15.5 Å². The van der Waals surface area contributed by atoms with Crippen molar-refractivity contribution in [2.75, 3.05) is 61.5 Å². The molecule has 2 aromatic rings. The number of carbonyl (C=O) groups excluding carboxylic acids is 1. The number of hydrogen-bond acceptors (Lipinski definition) is 11. The smallest absolute Gasteiger partial charge is 0.409 e. The van der Waals surface area contributed by atoms with Crippen molar-refractivity contribution in [3.05, 3.63) is 18.0 Å². The van der Waals surface area contributed by atoms with Crippen LogP contribution in [0.25, 0.3) is 11.3 Å². The zero-order valence-corrected chi connectivity index (χ0v) is 19.4. The van der Waals surface area contributed by atoms with Crippen LogP contribution in [0.3, 0.4) is 0 Å². The molecule has 34 heavy (non-hydrogen) atoms. The van der Waals surface area contributed by atoms with Gasteiger partial charge in [0.05, 0.1) is 37.1 Å². The first kappa shape index (κ1) is 22.5. The molecule has 1 amide bonds. The Labute approximate surface area is 197 Å². The molecule has 3 aliphatic rings. The number of aliphatic hydroxyl groups excluding tert-OH is 1. The molecule has 12 heteroatoms. The summed E-state index contributed by atoms with van der Waals surface area (Å²) in [6, 6.07) is 0.292. The highest BCUT2D eigenvalue weighted by Gasteiger charge is 2.40. The first-order valence-electron chi connectivity index (χ1n) is 11.6.